The lowest BCUT2D eigenvalue weighted by molar-refractivity contribution is -0.128. The highest BCUT2D eigenvalue weighted by molar-refractivity contribution is 5.80. The van der Waals surface area contributed by atoms with Crippen LogP contribution >= 0.6 is 0 Å². The maximum Gasteiger partial charge on any atom is 0.223 e. The van der Waals surface area contributed by atoms with Crippen LogP contribution in [0.4, 0.5) is 0 Å². The molecule has 4 rings (SSSR count). The molecule has 4 saturated carbocycles. The fourth-order valence-corrected chi connectivity index (χ4v) is 7.77. The molecule has 0 aromatic heterocycles. The van der Waals surface area contributed by atoms with E-state index in [1.54, 1.807) is 0 Å². The summed E-state index contributed by atoms with van der Waals surface area (Å²) in [7, 11) is 0. The van der Waals surface area contributed by atoms with Gasteiger partial charge in [-0.2, -0.15) is 0 Å². The van der Waals surface area contributed by atoms with Gasteiger partial charge >= 0.3 is 0 Å². The van der Waals surface area contributed by atoms with Crippen molar-refractivity contribution in [3.63, 3.8) is 0 Å². The second kappa shape index (κ2) is 23.0. The largest absolute Gasteiger partial charge is 0.351 e. The van der Waals surface area contributed by atoms with Gasteiger partial charge in [0, 0.05) is 34.4 Å². The molecule has 0 saturated heterocycles. The van der Waals surface area contributed by atoms with Gasteiger partial charge in [0.25, 0.3) is 0 Å². The predicted molar refractivity (Wildman–Crippen MR) is 232 cm³/mol. The summed E-state index contributed by atoms with van der Waals surface area (Å²) in [6, 6.07) is 0. The molecular weight excluding hydrogens is 667 g/mol. The Morgan fingerprint density at radius 3 is 1.15 bits per heavy atom. The average Bonchev–Trinajstić information content (AvgIpc) is 3.88. The summed E-state index contributed by atoms with van der Waals surface area (Å²) in [5.74, 6) is 5.10. The van der Waals surface area contributed by atoms with E-state index >= 15 is 0 Å². The summed E-state index contributed by atoms with van der Waals surface area (Å²) in [6.07, 6.45) is 25.1. The number of amides is 3. The molecule has 0 aromatic rings. The van der Waals surface area contributed by atoms with Gasteiger partial charge in [0.1, 0.15) is 0 Å². The zero-order valence-corrected chi connectivity index (χ0v) is 37.4. The molecule has 6 nitrogen and oxygen atoms in total. The summed E-state index contributed by atoms with van der Waals surface area (Å²) >= 11 is 0. The smallest absolute Gasteiger partial charge is 0.223 e. The van der Waals surface area contributed by atoms with Crippen LogP contribution in [-0.4, -0.2) is 34.3 Å². The molecule has 3 amide bonds. The third kappa shape index (κ3) is 26.3. The number of nitrogens with one attached hydrogen (secondary N) is 3. The van der Waals surface area contributed by atoms with Crippen molar-refractivity contribution < 1.29 is 14.4 Å². The fourth-order valence-electron chi connectivity index (χ4n) is 7.77. The van der Waals surface area contributed by atoms with Gasteiger partial charge in [-0.15, -0.1) is 0 Å². The van der Waals surface area contributed by atoms with Crippen molar-refractivity contribution in [3.05, 3.63) is 0 Å². The molecule has 0 radical (unpaired) electrons. The zero-order chi connectivity index (χ0) is 40.0. The van der Waals surface area contributed by atoms with Crippen LogP contribution in [0.15, 0.2) is 0 Å². The first kappa shape index (κ1) is 50.4. The van der Waals surface area contributed by atoms with Gasteiger partial charge in [-0.25, -0.2) is 0 Å². The summed E-state index contributed by atoms with van der Waals surface area (Å²) < 4.78 is 0. The Labute approximate surface area is 336 Å². The minimum Gasteiger partial charge on any atom is -0.351 e. The molecular formula is C48H93N3O3. The molecule has 4 aliphatic carbocycles. The standard InChI is InChI=1S/C17H31NO.C16H31NO.C14H27NO.CH4/c1-17(2,3)18-16(19)15(11-10-13-8-9-13)12-14-6-4-5-7-14;1-15(2,3)11-13(10-9-12-7-8-12)14(18)17-16(4,5)6;1-5-6-12(10-9-11-7-8-11)13(16)15-14(2,3)4;/h13-15H,4-12H2,1-3H3,(H,18,19);12-13H,7-11H2,1-6H3,(H,17,18);11-12H,5-10H2,1-4H3,(H,15,16);1H4. The Morgan fingerprint density at radius 1 is 0.481 bits per heavy atom. The molecule has 3 N–H and O–H groups in total. The molecule has 0 bridgehead atoms. The maximum absolute atomic E-state index is 12.5. The third-order valence-electron chi connectivity index (χ3n) is 11.1. The lowest BCUT2D eigenvalue weighted by Gasteiger charge is -2.29. The fraction of sp³-hybridized carbons (Fsp3) is 0.938. The van der Waals surface area contributed by atoms with Crippen molar-refractivity contribution in [3.8, 4) is 0 Å². The van der Waals surface area contributed by atoms with Crippen molar-refractivity contribution >= 4 is 17.7 Å². The minimum absolute atomic E-state index is 0. The zero-order valence-electron chi connectivity index (χ0n) is 37.4. The molecule has 3 unspecified atom stereocenters. The van der Waals surface area contributed by atoms with Crippen molar-refractivity contribution in [2.24, 2.45) is 46.8 Å². The summed E-state index contributed by atoms with van der Waals surface area (Å²) in [5, 5.41) is 9.45. The van der Waals surface area contributed by atoms with Crippen LogP contribution in [0.3, 0.4) is 0 Å². The van der Waals surface area contributed by atoms with E-state index in [2.05, 4.69) is 106 Å². The highest BCUT2D eigenvalue weighted by Crippen LogP contribution is 2.39. The van der Waals surface area contributed by atoms with Crippen molar-refractivity contribution in [2.75, 3.05) is 0 Å². The second-order valence-electron chi connectivity index (χ2n) is 22.3. The van der Waals surface area contributed by atoms with Gasteiger partial charge in [0.2, 0.25) is 17.7 Å². The van der Waals surface area contributed by atoms with E-state index in [0.717, 1.165) is 68.6 Å². The van der Waals surface area contributed by atoms with E-state index < -0.39 is 0 Å². The average molecular weight is 760 g/mol. The Kier molecular flexibility index (Phi) is 21.5. The van der Waals surface area contributed by atoms with Crippen molar-refractivity contribution in [1.29, 1.82) is 0 Å². The Hall–Kier alpha value is -1.59. The first-order valence-corrected chi connectivity index (χ1v) is 22.4. The van der Waals surface area contributed by atoms with Gasteiger partial charge in [0.05, 0.1) is 0 Å². The molecule has 0 aliphatic heterocycles. The van der Waals surface area contributed by atoms with E-state index in [0.29, 0.717) is 5.91 Å². The van der Waals surface area contributed by atoms with E-state index in [9.17, 15) is 14.4 Å². The molecule has 4 aliphatic rings. The van der Waals surface area contributed by atoms with Crippen LogP contribution in [0.25, 0.3) is 0 Å². The maximum atomic E-state index is 12.5. The molecule has 0 spiro atoms. The van der Waals surface area contributed by atoms with Gasteiger partial charge in [0.15, 0.2) is 0 Å². The van der Waals surface area contributed by atoms with Crippen LogP contribution in [0.1, 0.15) is 226 Å². The summed E-state index contributed by atoms with van der Waals surface area (Å²) in [5.41, 5.74) is -0.0799. The monoisotopic (exact) mass is 760 g/mol. The topological polar surface area (TPSA) is 87.3 Å². The lowest BCUT2D eigenvalue weighted by Crippen LogP contribution is -2.44. The van der Waals surface area contributed by atoms with E-state index in [1.165, 1.54) is 83.5 Å². The van der Waals surface area contributed by atoms with Crippen LogP contribution in [0.5, 0.6) is 0 Å². The van der Waals surface area contributed by atoms with E-state index in [-0.39, 0.29) is 59.0 Å². The normalized spacial score (nSPS) is 19.5. The number of hydrogen-bond donors (Lipinski definition) is 3. The minimum atomic E-state index is -0.118. The van der Waals surface area contributed by atoms with Gasteiger partial charge < -0.3 is 16.0 Å². The van der Waals surface area contributed by atoms with Crippen LogP contribution < -0.4 is 16.0 Å². The first-order valence-electron chi connectivity index (χ1n) is 22.4. The van der Waals surface area contributed by atoms with Gasteiger partial charge in [-0.1, -0.05) is 106 Å². The molecule has 54 heavy (non-hydrogen) atoms. The van der Waals surface area contributed by atoms with Crippen LogP contribution in [-0.2, 0) is 14.4 Å². The number of hydrogen-bond acceptors (Lipinski definition) is 3. The summed E-state index contributed by atoms with van der Waals surface area (Å²) in [4.78, 5) is 36.9. The molecule has 318 valence electrons. The Bertz CT molecular complexity index is 1070. The quantitative estimate of drug-likeness (QED) is 0.138. The van der Waals surface area contributed by atoms with Gasteiger partial charge in [-0.3, -0.25) is 14.4 Å². The van der Waals surface area contributed by atoms with E-state index in [4.69, 9.17) is 0 Å². The van der Waals surface area contributed by atoms with Gasteiger partial charge in [-0.05, 0) is 149 Å². The predicted octanol–water partition coefficient (Wildman–Crippen LogP) is 12.6. The van der Waals surface area contributed by atoms with Crippen LogP contribution in [0.2, 0.25) is 0 Å². The lowest BCUT2D eigenvalue weighted by atomic mass is 9.81. The Balaban J connectivity index is 0.000000403. The van der Waals surface area contributed by atoms with E-state index in [1.807, 2.05) is 0 Å². The molecule has 6 heteroatoms. The van der Waals surface area contributed by atoms with Crippen molar-refractivity contribution in [2.45, 2.75) is 242 Å². The molecule has 4 fully saturated rings. The number of carbonyl (C=O) groups excluding carboxylic acids is 3. The van der Waals surface area contributed by atoms with Crippen LogP contribution in [0, 0.1) is 46.8 Å². The summed E-state index contributed by atoms with van der Waals surface area (Å²) in [6.45, 7) is 27.4. The second-order valence-corrected chi connectivity index (χ2v) is 22.3. The van der Waals surface area contributed by atoms with Crippen molar-refractivity contribution in [1.82, 2.24) is 16.0 Å². The SMILES string of the molecule is C.CC(C)(C)CC(CCC1CC1)C(=O)NC(C)(C)C.CC(C)(C)NC(=O)C(CCC1CC1)CC1CCCC1.CCCC(CCC1CC1)C(=O)NC(C)(C)C. The molecule has 0 aromatic carbocycles. The Morgan fingerprint density at radius 2 is 0.815 bits per heavy atom. The molecule has 0 heterocycles. The third-order valence-corrected chi connectivity index (χ3v) is 11.1. The highest BCUT2D eigenvalue weighted by Gasteiger charge is 2.32. The number of rotatable bonds is 17. The number of carbonyl (C=O) groups is 3. The molecule has 3 atom stereocenters. The first-order chi connectivity index (χ1) is 24.4. The highest BCUT2D eigenvalue weighted by atomic mass is 16.2.